The van der Waals surface area contributed by atoms with Crippen LogP contribution in [0.5, 0.6) is 0 Å². The largest absolute Gasteiger partial charge is 0.261 e. The predicted molar refractivity (Wildman–Crippen MR) is 54.3 cm³/mol. The highest BCUT2D eigenvalue weighted by molar-refractivity contribution is 5.92. The van der Waals surface area contributed by atoms with E-state index in [0.29, 0.717) is 5.69 Å². The zero-order valence-electron chi connectivity index (χ0n) is 7.69. The van der Waals surface area contributed by atoms with Gasteiger partial charge >= 0.3 is 0 Å². The Kier molecular flexibility index (Phi) is 2.09. The number of fused-ring (bicyclic) bond motifs is 1. The van der Waals surface area contributed by atoms with Crippen molar-refractivity contribution in [1.29, 1.82) is 0 Å². The summed E-state index contributed by atoms with van der Waals surface area (Å²) in [7, 11) is 0. The first kappa shape index (κ1) is 8.60. The molecule has 3 heteroatoms. The Morgan fingerprint density at radius 3 is 3.07 bits per heavy atom. The first-order chi connectivity index (χ1) is 6.81. The van der Waals surface area contributed by atoms with Gasteiger partial charge in [0.15, 0.2) is 0 Å². The maximum atomic E-state index is 10.2. The summed E-state index contributed by atoms with van der Waals surface area (Å²) >= 11 is 0. The smallest absolute Gasteiger partial charge is 0.240 e. The van der Waals surface area contributed by atoms with E-state index in [0.717, 1.165) is 16.5 Å². The lowest BCUT2D eigenvalue weighted by atomic mass is 10.1. The highest BCUT2D eigenvalue weighted by Gasteiger charge is 1.99. The third kappa shape index (κ3) is 1.41. The lowest BCUT2D eigenvalue weighted by Crippen LogP contribution is -1.81. The second kappa shape index (κ2) is 3.40. The Morgan fingerprint density at radius 2 is 2.29 bits per heavy atom. The average Bonchev–Trinajstić information content (AvgIpc) is 2.19. The molecule has 1 aromatic heterocycles. The molecule has 0 aliphatic rings. The molecular formula is C11H8N2O. The number of nitrogens with zero attached hydrogens (tertiary/aromatic N) is 2. The van der Waals surface area contributed by atoms with Gasteiger partial charge in [-0.25, -0.2) is 4.79 Å². The molecule has 1 aromatic carbocycles. The van der Waals surface area contributed by atoms with Crippen LogP contribution in [0.3, 0.4) is 0 Å². The molecule has 2 rings (SSSR count). The van der Waals surface area contributed by atoms with Crippen molar-refractivity contribution in [3.05, 3.63) is 36.2 Å². The average molecular weight is 184 g/mol. The van der Waals surface area contributed by atoms with Crippen LogP contribution in [0, 0.1) is 6.92 Å². The number of hydrogen-bond donors (Lipinski definition) is 0. The summed E-state index contributed by atoms with van der Waals surface area (Å²) in [6.07, 6.45) is 3.32. The van der Waals surface area contributed by atoms with E-state index in [-0.39, 0.29) is 0 Å². The topological polar surface area (TPSA) is 42.3 Å². The summed E-state index contributed by atoms with van der Waals surface area (Å²) in [4.78, 5) is 18.0. The highest BCUT2D eigenvalue weighted by atomic mass is 16.1. The number of benzene rings is 1. The molecule has 0 unspecified atom stereocenters. The summed E-state index contributed by atoms with van der Waals surface area (Å²) in [6, 6.07) is 7.47. The molecule has 0 saturated carbocycles. The van der Waals surface area contributed by atoms with Crippen molar-refractivity contribution in [2.45, 2.75) is 6.92 Å². The number of rotatable bonds is 1. The maximum absolute atomic E-state index is 10.2. The van der Waals surface area contributed by atoms with E-state index >= 15 is 0 Å². The lowest BCUT2D eigenvalue weighted by Gasteiger charge is -2.00. The fourth-order valence-corrected chi connectivity index (χ4v) is 1.40. The van der Waals surface area contributed by atoms with Crippen molar-refractivity contribution in [2.75, 3.05) is 0 Å². The van der Waals surface area contributed by atoms with Crippen LogP contribution in [0.2, 0.25) is 0 Å². The fraction of sp³-hybridized carbons (Fsp3) is 0.0909. The van der Waals surface area contributed by atoms with Crippen LogP contribution in [-0.2, 0) is 4.79 Å². The summed E-state index contributed by atoms with van der Waals surface area (Å²) in [5.41, 5.74) is 1.55. The molecule has 0 atom stereocenters. The number of pyridine rings is 1. The van der Waals surface area contributed by atoms with Crippen molar-refractivity contribution in [2.24, 2.45) is 4.99 Å². The first-order valence-corrected chi connectivity index (χ1v) is 4.24. The summed E-state index contributed by atoms with van der Waals surface area (Å²) in [6.45, 7) is 1.90. The third-order valence-electron chi connectivity index (χ3n) is 2.04. The molecule has 2 aromatic rings. The van der Waals surface area contributed by atoms with Crippen molar-refractivity contribution >= 4 is 22.5 Å². The molecule has 0 N–H and O–H groups in total. The van der Waals surface area contributed by atoms with Crippen molar-refractivity contribution < 1.29 is 4.79 Å². The van der Waals surface area contributed by atoms with E-state index in [1.165, 1.54) is 0 Å². The Hall–Kier alpha value is -1.99. The Balaban J connectivity index is 2.83. The molecule has 14 heavy (non-hydrogen) atoms. The standard InChI is InChI=1S/C11H8N2O/c1-8-5-10-9(6-12-8)3-2-4-11(10)13-7-14/h2-6H,1H3. The zero-order valence-corrected chi connectivity index (χ0v) is 7.69. The Labute approximate surface area is 81.1 Å². The van der Waals surface area contributed by atoms with Gasteiger partial charge in [-0.2, -0.15) is 4.99 Å². The number of aryl methyl sites for hydroxylation is 1. The Morgan fingerprint density at radius 1 is 1.43 bits per heavy atom. The monoisotopic (exact) mass is 184 g/mol. The number of aliphatic imine (C=N–C) groups is 1. The molecule has 0 spiro atoms. The van der Waals surface area contributed by atoms with Gasteiger partial charge in [-0.05, 0) is 19.1 Å². The minimum atomic E-state index is 0.642. The van der Waals surface area contributed by atoms with Gasteiger partial charge in [-0.3, -0.25) is 4.98 Å². The van der Waals surface area contributed by atoms with E-state index < -0.39 is 0 Å². The molecule has 68 valence electrons. The number of hydrogen-bond acceptors (Lipinski definition) is 3. The fourth-order valence-electron chi connectivity index (χ4n) is 1.40. The lowest BCUT2D eigenvalue weighted by molar-refractivity contribution is 0.565. The van der Waals surface area contributed by atoms with E-state index in [4.69, 9.17) is 0 Å². The minimum Gasteiger partial charge on any atom is -0.261 e. The van der Waals surface area contributed by atoms with E-state index in [9.17, 15) is 4.79 Å². The minimum absolute atomic E-state index is 0.642. The van der Waals surface area contributed by atoms with Crippen molar-refractivity contribution in [3.63, 3.8) is 0 Å². The predicted octanol–water partition coefficient (Wildman–Crippen LogP) is 2.51. The molecule has 0 fully saturated rings. The number of isocyanates is 1. The molecule has 3 nitrogen and oxygen atoms in total. The van der Waals surface area contributed by atoms with Crippen LogP contribution in [0.15, 0.2) is 35.5 Å². The Bertz CT molecular complexity index is 528. The van der Waals surface area contributed by atoms with Crippen LogP contribution in [-0.4, -0.2) is 11.1 Å². The van der Waals surface area contributed by atoms with Crippen molar-refractivity contribution in [3.8, 4) is 0 Å². The molecule has 0 bridgehead atoms. The molecular weight excluding hydrogens is 176 g/mol. The van der Waals surface area contributed by atoms with Gasteiger partial charge in [0.1, 0.15) is 0 Å². The molecule has 0 aliphatic carbocycles. The molecule has 0 radical (unpaired) electrons. The van der Waals surface area contributed by atoms with Gasteiger partial charge < -0.3 is 0 Å². The van der Waals surface area contributed by atoms with Crippen molar-refractivity contribution in [1.82, 2.24) is 4.98 Å². The first-order valence-electron chi connectivity index (χ1n) is 4.24. The molecule has 0 saturated heterocycles. The van der Waals surface area contributed by atoms with Gasteiger partial charge in [0.05, 0.1) is 5.69 Å². The SMILES string of the molecule is Cc1cc2c(N=C=O)cccc2cn1. The van der Waals surface area contributed by atoms with E-state index in [1.54, 1.807) is 18.3 Å². The third-order valence-corrected chi connectivity index (χ3v) is 2.04. The van der Waals surface area contributed by atoms with Crippen LogP contribution in [0.4, 0.5) is 5.69 Å². The number of aromatic nitrogens is 1. The molecule has 1 heterocycles. The van der Waals surface area contributed by atoms with Gasteiger partial charge in [0.2, 0.25) is 6.08 Å². The van der Waals surface area contributed by atoms with Gasteiger partial charge in [0, 0.05) is 22.7 Å². The van der Waals surface area contributed by atoms with Crippen LogP contribution < -0.4 is 0 Å². The molecule has 0 amide bonds. The van der Waals surface area contributed by atoms with Gasteiger partial charge in [0.25, 0.3) is 0 Å². The summed E-state index contributed by atoms with van der Waals surface area (Å²) in [5, 5.41) is 1.91. The van der Waals surface area contributed by atoms with Crippen LogP contribution in [0.25, 0.3) is 10.8 Å². The van der Waals surface area contributed by atoms with E-state index in [2.05, 4.69) is 9.98 Å². The second-order valence-electron chi connectivity index (χ2n) is 3.03. The summed E-state index contributed by atoms with van der Waals surface area (Å²) < 4.78 is 0. The highest BCUT2D eigenvalue weighted by Crippen LogP contribution is 2.25. The maximum Gasteiger partial charge on any atom is 0.240 e. The van der Waals surface area contributed by atoms with Crippen LogP contribution in [0.1, 0.15) is 5.69 Å². The van der Waals surface area contributed by atoms with Gasteiger partial charge in [-0.1, -0.05) is 12.1 Å². The van der Waals surface area contributed by atoms with E-state index in [1.807, 2.05) is 25.1 Å². The van der Waals surface area contributed by atoms with Crippen LogP contribution >= 0.6 is 0 Å². The summed E-state index contributed by atoms with van der Waals surface area (Å²) in [5.74, 6) is 0. The molecule has 0 aliphatic heterocycles. The zero-order chi connectivity index (χ0) is 9.97. The van der Waals surface area contributed by atoms with Gasteiger partial charge in [-0.15, -0.1) is 0 Å². The normalized spacial score (nSPS) is 9.79. The number of carbonyl (C=O) groups excluding carboxylic acids is 1. The quantitative estimate of drug-likeness (QED) is 0.504. The second-order valence-corrected chi connectivity index (χ2v) is 3.03.